The molecule has 0 radical (unpaired) electrons. The predicted molar refractivity (Wildman–Crippen MR) is 128 cm³/mol. The zero-order valence-corrected chi connectivity index (χ0v) is 19.7. The number of fused-ring (bicyclic) bond motifs is 1. The van der Waals surface area contributed by atoms with Crippen LogP contribution in [0.1, 0.15) is 32.6 Å². The Morgan fingerprint density at radius 1 is 1.33 bits per heavy atom. The van der Waals surface area contributed by atoms with Crippen molar-refractivity contribution in [1.82, 2.24) is 4.90 Å². The zero-order valence-electron chi connectivity index (χ0n) is 18.1. The van der Waals surface area contributed by atoms with E-state index < -0.39 is 5.60 Å². The molecule has 0 unspecified atom stereocenters. The van der Waals surface area contributed by atoms with Crippen LogP contribution in [0.4, 0.5) is 16.2 Å². The highest BCUT2D eigenvalue weighted by molar-refractivity contribution is 7.99. The molecule has 2 N–H and O–H groups in total. The molecule has 30 heavy (non-hydrogen) atoms. The Morgan fingerprint density at radius 3 is 2.80 bits per heavy atom. The Morgan fingerprint density at radius 2 is 2.13 bits per heavy atom. The first kappa shape index (κ1) is 22.5. The number of thiophene rings is 1. The van der Waals surface area contributed by atoms with Crippen molar-refractivity contribution >= 4 is 46.4 Å². The van der Waals surface area contributed by atoms with Gasteiger partial charge in [0.05, 0.1) is 16.3 Å². The van der Waals surface area contributed by atoms with E-state index in [9.17, 15) is 4.79 Å². The SMILES string of the molecule is CCN(CCN1CCSc2ccc(N=C(N)c3cccs3)cc21)C(=O)OC(C)(C)C. The van der Waals surface area contributed by atoms with Gasteiger partial charge in [0.1, 0.15) is 11.4 Å². The standard InChI is InChI=1S/C22H30N4O2S2/c1-5-25(21(27)28-22(2,3)4)10-11-26-12-14-30-18-9-8-16(15-17(18)26)24-20(23)19-7-6-13-29-19/h6-9,13,15H,5,10-12,14H2,1-4H3,(H2,23,24). The maximum absolute atomic E-state index is 12.4. The molecule has 6 nitrogen and oxygen atoms in total. The van der Waals surface area contributed by atoms with E-state index in [-0.39, 0.29) is 6.09 Å². The van der Waals surface area contributed by atoms with E-state index in [0.29, 0.717) is 18.9 Å². The Labute approximate surface area is 187 Å². The van der Waals surface area contributed by atoms with Crippen molar-refractivity contribution in [3.63, 3.8) is 0 Å². The number of carbonyl (C=O) groups excluding carboxylic acids is 1. The van der Waals surface area contributed by atoms with Gasteiger partial charge in [-0.1, -0.05) is 6.07 Å². The minimum atomic E-state index is -0.492. The summed E-state index contributed by atoms with van der Waals surface area (Å²) in [7, 11) is 0. The number of amides is 1. The van der Waals surface area contributed by atoms with Gasteiger partial charge in [0.15, 0.2) is 0 Å². The van der Waals surface area contributed by atoms with Gasteiger partial charge in [0, 0.05) is 36.8 Å². The van der Waals surface area contributed by atoms with Gasteiger partial charge in [-0.3, -0.25) is 0 Å². The third kappa shape index (κ3) is 5.92. The fourth-order valence-electron chi connectivity index (χ4n) is 3.13. The quantitative estimate of drug-likeness (QED) is 0.502. The number of amidine groups is 1. The number of hydrogen-bond acceptors (Lipinski definition) is 6. The van der Waals surface area contributed by atoms with E-state index in [1.165, 1.54) is 4.90 Å². The van der Waals surface area contributed by atoms with Crippen molar-refractivity contribution < 1.29 is 9.53 Å². The summed E-state index contributed by atoms with van der Waals surface area (Å²) in [4.78, 5) is 23.3. The molecule has 0 saturated heterocycles. The Balaban J connectivity index is 1.73. The normalized spacial score (nSPS) is 14.4. The fraction of sp³-hybridized carbons (Fsp3) is 0.455. The number of aliphatic imine (C=N–C) groups is 1. The minimum absolute atomic E-state index is 0.265. The van der Waals surface area contributed by atoms with Crippen molar-refractivity contribution in [2.24, 2.45) is 10.7 Å². The number of nitrogens with two attached hydrogens (primary N) is 1. The van der Waals surface area contributed by atoms with Gasteiger partial charge in [0.25, 0.3) is 0 Å². The summed E-state index contributed by atoms with van der Waals surface area (Å²) in [5.74, 6) is 1.55. The third-order valence-electron chi connectivity index (χ3n) is 4.60. The maximum atomic E-state index is 12.4. The van der Waals surface area contributed by atoms with Crippen molar-refractivity contribution in [2.45, 2.75) is 38.2 Å². The van der Waals surface area contributed by atoms with Crippen LogP contribution in [-0.2, 0) is 4.74 Å². The molecule has 0 bridgehead atoms. The van der Waals surface area contributed by atoms with Crippen molar-refractivity contribution in [1.29, 1.82) is 0 Å². The number of likely N-dealkylation sites (N-methyl/N-ethyl adjacent to an activating group) is 1. The van der Waals surface area contributed by atoms with E-state index >= 15 is 0 Å². The first-order valence-corrected chi connectivity index (χ1v) is 12.0. The molecule has 8 heteroatoms. The summed E-state index contributed by atoms with van der Waals surface area (Å²) in [6.45, 7) is 10.5. The average Bonchev–Trinajstić information content (AvgIpc) is 3.22. The smallest absolute Gasteiger partial charge is 0.410 e. The molecule has 1 aromatic heterocycles. The van der Waals surface area contributed by atoms with E-state index in [0.717, 1.165) is 35.1 Å². The third-order valence-corrected chi connectivity index (χ3v) is 6.53. The number of carbonyl (C=O) groups is 1. The summed E-state index contributed by atoms with van der Waals surface area (Å²) in [6.07, 6.45) is -0.265. The van der Waals surface area contributed by atoms with Gasteiger partial charge in [-0.2, -0.15) is 0 Å². The average molecular weight is 447 g/mol. The zero-order chi connectivity index (χ0) is 21.7. The number of anilines is 1. The van der Waals surface area contributed by atoms with E-state index in [4.69, 9.17) is 10.5 Å². The van der Waals surface area contributed by atoms with Crippen molar-refractivity contribution in [3.05, 3.63) is 40.6 Å². The molecule has 0 spiro atoms. The lowest BCUT2D eigenvalue weighted by Crippen LogP contribution is -2.42. The van der Waals surface area contributed by atoms with E-state index in [1.54, 1.807) is 16.2 Å². The molecule has 1 aliphatic rings. The Kier molecular flexibility index (Phi) is 7.31. The summed E-state index contributed by atoms with van der Waals surface area (Å²) >= 11 is 3.43. The molecule has 0 saturated carbocycles. The van der Waals surface area contributed by atoms with Gasteiger partial charge in [-0.25, -0.2) is 9.79 Å². The molecule has 0 fully saturated rings. The lowest BCUT2D eigenvalue weighted by Gasteiger charge is -2.33. The van der Waals surface area contributed by atoms with Gasteiger partial charge in [-0.15, -0.1) is 23.1 Å². The number of hydrogen-bond donors (Lipinski definition) is 1. The Bertz CT molecular complexity index is 891. The second-order valence-electron chi connectivity index (χ2n) is 8.02. The van der Waals surface area contributed by atoms with Gasteiger partial charge in [-0.05, 0) is 57.3 Å². The van der Waals surface area contributed by atoms with Gasteiger partial charge < -0.3 is 20.3 Å². The molecule has 2 aromatic rings. The largest absolute Gasteiger partial charge is 0.444 e. The minimum Gasteiger partial charge on any atom is -0.444 e. The topological polar surface area (TPSA) is 71.2 Å². The number of ether oxygens (including phenoxy) is 1. The number of benzene rings is 1. The highest BCUT2D eigenvalue weighted by atomic mass is 32.2. The van der Waals surface area contributed by atoms with Crippen LogP contribution in [0.2, 0.25) is 0 Å². The van der Waals surface area contributed by atoms with Crippen LogP contribution in [0, 0.1) is 0 Å². The number of rotatable bonds is 6. The fourth-order valence-corrected chi connectivity index (χ4v) is 4.79. The molecule has 2 heterocycles. The highest BCUT2D eigenvalue weighted by Gasteiger charge is 2.23. The van der Waals surface area contributed by atoms with Gasteiger partial charge in [0.2, 0.25) is 0 Å². The van der Waals surface area contributed by atoms with Crippen LogP contribution < -0.4 is 10.6 Å². The molecule has 0 aliphatic carbocycles. The molecule has 162 valence electrons. The summed E-state index contributed by atoms with van der Waals surface area (Å²) in [5.41, 5.74) is 7.66. The Hall–Kier alpha value is -2.19. The second-order valence-corrected chi connectivity index (χ2v) is 10.1. The highest BCUT2D eigenvalue weighted by Crippen LogP contribution is 2.37. The summed E-state index contributed by atoms with van der Waals surface area (Å²) in [5, 5.41) is 1.99. The molecular formula is C22H30N4O2S2. The number of nitrogens with zero attached hydrogens (tertiary/aromatic N) is 3. The number of thioether (sulfide) groups is 1. The molecule has 1 aromatic carbocycles. The summed E-state index contributed by atoms with van der Waals surface area (Å²) in [6, 6.07) is 10.1. The first-order valence-electron chi connectivity index (χ1n) is 10.1. The van der Waals surface area contributed by atoms with Crippen LogP contribution >= 0.6 is 23.1 Å². The molecule has 0 atom stereocenters. The van der Waals surface area contributed by atoms with Crippen LogP contribution in [-0.4, -0.2) is 54.4 Å². The molecule has 3 rings (SSSR count). The molecular weight excluding hydrogens is 416 g/mol. The van der Waals surface area contributed by atoms with E-state index in [1.807, 2.05) is 63.0 Å². The lowest BCUT2D eigenvalue weighted by molar-refractivity contribution is 0.0265. The van der Waals surface area contributed by atoms with Gasteiger partial charge >= 0.3 is 6.09 Å². The lowest BCUT2D eigenvalue weighted by atomic mass is 10.2. The monoisotopic (exact) mass is 446 g/mol. The van der Waals surface area contributed by atoms with Crippen LogP contribution in [0.3, 0.4) is 0 Å². The maximum Gasteiger partial charge on any atom is 0.410 e. The molecule has 1 aliphatic heterocycles. The first-order chi connectivity index (χ1) is 14.3. The van der Waals surface area contributed by atoms with Crippen LogP contribution in [0.25, 0.3) is 0 Å². The van der Waals surface area contributed by atoms with Crippen LogP contribution in [0.5, 0.6) is 0 Å². The summed E-state index contributed by atoms with van der Waals surface area (Å²) < 4.78 is 5.53. The van der Waals surface area contributed by atoms with Crippen molar-refractivity contribution in [2.75, 3.05) is 36.8 Å². The van der Waals surface area contributed by atoms with E-state index in [2.05, 4.69) is 22.0 Å². The predicted octanol–water partition coefficient (Wildman–Crippen LogP) is 4.95. The van der Waals surface area contributed by atoms with Crippen molar-refractivity contribution in [3.8, 4) is 0 Å². The second kappa shape index (κ2) is 9.75. The van der Waals surface area contributed by atoms with Crippen LogP contribution in [0.15, 0.2) is 45.6 Å². The molecule has 1 amide bonds.